The van der Waals surface area contributed by atoms with Crippen molar-refractivity contribution in [1.82, 2.24) is 9.97 Å². The van der Waals surface area contributed by atoms with E-state index in [0.29, 0.717) is 33.9 Å². The summed E-state index contributed by atoms with van der Waals surface area (Å²) in [6, 6.07) is 16.2. The van der Waals surface area contributed by atoms with Crippen LogP contribution < -0.4 is 10.2 Å². The molecule has 0 saturated heterocycles. The normalized spacial score (nSPS) is 10.4. The Morgan fingerprint density at radius 1 is 1.08 bits per heavy atom. The standard InChI is InChI=1S/C19H16Cl2N4O/c1-2-25(14-6-4-3-5-7-14)18(26)17-10-11-22-19(24-17)23-13-8-9-15(20)16(21)12-13/h3-12H,2H2,1H3,(H,22,23,24). The highest BCUT2D eigenvalue weighted by molar-refractivity contribution is 6.42. The lowest BCUT2D eigenvalue weighted by molar-refractivity contribution is 0.0983. The molecule has 1 amide bonds. The SMILES string of the molecule is CCN(C(=O)c1ccnc(Nc2ccc(Cl)c(Cl)c2)n1)c1ccccc1. The van der Waals surface area contributed by atoms with Gasteiger partial charge in [-0.3, -0.25) is 4.79 Å². The molecule has 7 heteroatoms. The van der Waals surface area contributed by atoms with Gasteiger partial charge in [0.25, 0.3) is 5.91 Å². The molecule has 0 radical (unpaired) electrons. The summed E-state index contributed by atoms with van der Waals surface area (Å²) in [5.41, 5.74) is 1.80. The molecular weight excluding hydrogens is 371 g/mol. The van der Waals surface area contributed by atoms with Gasteiger partial charge in [-0.05, 0) is 43.3 Å². The number of nitrogens with zero attached hydrogens (tertiary/aromatic N) is 3. The van der Waals surface area contributed by atoms with E-state index in [9.17, 15) is 4.79 Å². The zero-order valence-corrected chi connectivity index (χ0v) is 15.5. The van der Waals surface area contributed by atoms with Crippen molar-refractivity contribution in [2.45, 2.75) is 6.92 Å². The number of nitrogens with one attached hydrogen (secondary N) is 1. The Kier molecular flexibility index (Phi) is 5.71. The maximum atomic E-state index is 12.8. The molecule has 0 saturated carbocycles. The molecule has 1 aromatic heterocycles. The molecule has 0 aliphatic carbocycles. The lowest BCUT2D eigenvalue weighted by atomic mass is 10.2. The van der Waals surface area contributed by atoms with E-state index in [-0.39, 0.29) is 5.91 Å². The first-order chi connectivity index (χ1) is 12.6. The minimum absolute atomic E-state index is 0.196. The number of anilines is 3. The smallest absolute Gasteiger partial charge is 0.277 e. The summed E-state index contributed by atoms with van der Waals surface area (Å²) in [6.45, 7) is 2.45. The number of halogens is 2. The summed E-state index contributed by atoms with van der Waals surface area (Å²) < 4.78 is 0. The highest BCUT2D eigenvalue weighted by Gasteiger charge is 2.18. The number of carbonyl (C=O) groups excluding carboxylic acids is 1. The number of hydrogen-bond donors (Lipinski definition) is 1. The second-order valence-corrected chi connectivity index (χ2v) is 6.22. The fourth-order valence-corrected chi connectivity index (χ4v) is 2.73. The van der Waals surface area contributed by atoms with E-state index in [2.05, 4.69) is 15.3 Å². The molecule has 0 fully saturated rings. The van der Waals surface area contributed by atoms with Crippen LogP contribution in [0.2, 0.25) is 10.0 Å². The fraction of sp³-hybridized carbons (Fsp3) is 0.105. The lowest BCUT2D eigenvalue weighted by Crippen LogP contribution is -2.31. The lowest BCUT2D eigenvalue weighted by Gasteiger charge is -2.20. The maximum Gasteiger partial charge on any atom is 0.277 e. The Labute approximate surface area is 161 Å². The Hall–Kier alpha value is -2.63. The first kappa shape index (κ1) is 18.2. The Morgan fingerprint density at radius 2 is 1.85 bits per heavy atom. The van der Waals surface area contributed by atoms with Gasteiger partial charge in [-0.15, -0.1) is 0 Å². The van der Waals surface area contributed by atoms with Crippen LogP contribution in [-0.2, 0) is 0 Å². The van der Waals surface area contributed by atoms with Gasteiger partial charge >= 0.3 is 0 Å². The van der Waals surface area contributed by atoms with Crippen LogP contribution in [0.5, 0.6) is 0 Å². The molecule has 0 unspecified atom stereocenters. The summed E-state index contributed by atoms with van der Waals surface area (Å²) in [4.78, 5) is 23.0. The van der Waals surface area contributed by atoms with E-state index in [1.165, 1.54) is 0 Å². The molecular formula is C19H16Cl2N4O. The largest absolute Gasteiger partial charge is 0.324 e. The van der Waals surface area contributed by atoms with E-state index < -0.39 is 0 Å². The Morgan fingerprint density at radius 3 is 2.54 bits per heavy atom. The predicted octanol–water partition coefficient (Wildman–Crippen LogP) is 5.19. The number of aromatic nitrogens is 2. The van der Waals surface area contributed by atoms with Crippen molar-refractivity contribution < 1.29 is 4.79 Å². The van der Waals surface area contributed by atoms with E-state index in [4.69, 9.17) is 23.2 Å². The van der Waals surface area contributed by atoms with Crippen LogP contribution in [0, 0.1) is 0 Å². The van der Waals surface area contributed by atoms with Crippen molar-refractivity contribution in [3.8, 4) is 0 Å². The monoisotopic (exact) mass is 386 g/mol. The van der Waals surface area contributed by atoms with Gasteiger partial charge in [0.2, 0.25) is 5.95 Å². The van der Waals surface area contributed by atoms with Gasteiger partial charge in [0.1, 0.15) is 5.69 Å². The van der Waals surface area contributed by atoms with Gasteiger partial charge in [0, 0.05) is 24.1 Å². The molecule has 3 rings (SSSR count). The van der Waals surface area contributed by atoms with Gasteiger partial charge < -0.3 is 10.2 Å². The predicted molar refractivity (Wildman–Crippen MR) is 106 cm³/mol. The van der Waals surface area contributed by atoms with Crippen LogP contribution in [0.4, 0.5) is 17.3 Å². The Bertz CT molecular complexity index is 918. The Balaban J connectivity index is 1.84. The zero-order valence-electron chi connectivity index (χ0n) is 14.0. The summed E-state index contributed by atoms with van der Waals surface area (Å²) in [6.07, 6.45) is 1.54. The summed E-state index contributed by atoms with van der Waals surface area (Å²) in [5, 5.41) is 3.91. The number of para-hydroxylation sites is 1. The maximum absolute atomic E-state index is 12.8. The van der Waals surface area contributed by atoms with Gasteiger partial charge in [-0.1, -0.05) is 41.4 Å². The molecule has 0 aliphatic heterocycles. The minimum Gasteiger partial charge on any atom is -0.324 e. The summed E-state index contributed by atoms with van der Waals surface area (Å²) >= 11 is 11.9. The molecule has 0 spiro atoms. The highest BCUT2D eigenvalue weighted by atomic mass is 35.5. The second-order valence-electron chi connectivity index (χ2n) is 5.40. The van der Waals surface area contributed by atoms with Gasteiger partial charge in [-0.25, -0.2) is 9.97 Å². The average molecular weight is 387 g/mol. The van der Waals surface area contributed by atoms with Crippen LogP contribution in [0.15, 0.2) is 60.8 Å². The van der Waals surface area contributed by atoms with Crippen molar-refractivity contribution >= 4 is 46.4 Å². The van der Waals surface area contributed by atoms with E-state index in [1.807, 2.05) is 37.3 Å². The third-order valence-corrected chi connectivity index (χ3v) is 4.42. The molecule has 1 N–H and O–H groups in total. The van der Waals surface area contributed by atoms with Crippen molar-refractivity contribution in [1.29, 1.82) is 0 Å². The van der Waals surface area contributed by atoms with Crippen LogP contribution in [0.25, 0.3) is 0 Å². The molecule has 3 aromatic rings. The van der Waals surface area contributed by atoms with E-state index in [1.54, 1.807) is 35.4 Å². The summed E-state index contributed by atoms with van der Waals surface area (Å²) in [5.74, 6) is 0.108. The van der Waals surface area contributed by atoms with Crippen LogP contribution in [-0.4, -0.2) is 22.4 Å². The molecule has 26 heavy (non-hydrogen) atoms. The van der Waals surface area contributed by atoms with E-state index in [0.717, 1.165) is 5.69 Å². The van der Waals surface area contributed by atoms with Gasteiger partial charge in [0.15, 0.2) is 0 Å². The minimum atomic E-state index is -0.196. The third-order valence-electron chi connectivity index (χ3n) is 3.68. The van der Waals surface area contributed by atoms with Gasteiger partial charge in [-0.2, -0.15) is 0 Å². The number of benzene rings is 2. The van der Waals surface area contributed by atoms with Crippen molar-refractivity contribution in [3.63, 3.8) is 0 Å². The molecule has 0 bridgehead atoms. The first-order valence-corrected chi connectivity index (χ1v) is 8.76. The quantitative estimate of drug-likeness (QED) is 0.654. The van der Waals surface area contributed by atoms with Gasteiger partial charge in [0.05, 0.1) is 10.0 Å². The summed E-state index contributed by atoms with van der Waals surface area (Å²) in [7, 11) is 0. The first-order valence-electron chi connectivity index (χ1n) is 8.00. The highest BCUT2D eigenvalue weighted by Crippen LogP contribution is 2.26. The molecule has 1 heterocycles. The topological polar surface area (TPSA) is 58.1 Å². The number of hydrogen-bond acceptors (Lipinski definition) is 4. The van der Waals surface area contributed by atoms with Crippen molar-refractivity contribution in [2.75, 3.05) is 16.8 Å². The molecule has 5 nitrogen and oxygen atoms in total. The molecule has 2 aromatic carbocycles. The fourth-order valence-electron chi connectivity index (χ4n) is 2.43. The molecule has 132 valence electrons. The van der Waals surface area contributed by atoms with Crippen molar-refractivity contribution in [2.24, 2.45) is 0 Å². The van der Waals surface area contributed by atoms with Crippen LogP contribution in [0.3, 0.4) is 0 Å². The van der Waals surface area contributed by atoms with Crippen LogP contribution in [0.1, 0.15) is 17.4 Å². The average Bonchev–Trinajstić information content (AvgIpc) is 2.66. The van der Waals surface area contributed by atoms with Crippen LogP contribution >= 0.6 is 23.2 Å². The van der Waals surface area contributed by atoms with E-state index >= 15 is 0 Å². The zero-order chi connectivity index (χ0) is 18.5. The number of carbonyl (C=O) groups is 1. The van der Waals surface area contributed by atoms with Crippen molar-refractivity contribution in [3.05, 3.63) is 76.5 Å². The number of rotatable bonds is 5. The third kappa shape index (κ3) is 4.12. The molecule has 0 aliphatic rings. The number of amides is 1. The molecule has 0 atom stereocenters. The second kappa shape index (κ2) is 8.17.